The molecule has 3 atom stereocenters. The van der Waals surface area contributed by atoms with Gasteiger partial charge in [0.05, 0.1) is 11.9 Å². The predicted octanol–water partition coefficient (Wildman–Crippen LogP) is 2.51. The Morgan fingerprint density at radius 1 is 1.24 bits per heavy atom. The highest BCUT2D eigenvalue weighted by Gasteiger charge is 2.36. The number of carbonyl (C=O) groups is 2. The number of anilines is 1. The summed E-state index contributed by atoms with van der Waals surface area (Å²) in [6.45, 7) is 0. The molecule has 1 heterocycles. The normalized spacial score (nSPS) is 24.2. The average Bonchev–Trinajstić information content (AvgIpc) is 3.13. The standard InChI is InChI=1S/C18H18N4O3/c23-17(15-8-11-4-6-12(15)7-5-11)19-13-2-1-3-14(9-13)22-10-16(18(24)25)20-21-22/h1-4,6,9-12,15H,5,7-8H2,(H,19,23)(H,24,25)/t11-,12+,15-/m1/s1. The average molecular weight is 338 g/mol. The SMILES string of the molecule is O=C(O)c1cn(-c2cccc(NC(=O)[C@@H]3C[C@@H]4C=C[C@H]3CC4)c2)nn1. The Morgan fingerprint density at radius 3 is 2.76 bits per heavy atom. The Bertz CT molecular complexity index is 858. The minimum Gasteiger partial charge on any atom is -0.476 e. The number of carboxylic acids is 1. The molecular formula is C18H18N4O3. The molecule has 3 aliphatic rings. The fourth-order valence-corrected chi connectivity index (χ4v) is 3.68. The number of allylic oxidation sites excluding steroid dienone is 2. The molecule has 1 aromatic heterocycles. The summed E-state index contributed by atoms with van der Waals surface area (Å²) in [6.07, 6.45) is 8.94. The molecule has 0 unspecified atom stereocenters. The second kappa shape index (κ2) is 6.16. The van der Waals surface area contributed by atoms with E-state index in [9.17, 15) is 9.59 Å². The zero-order valence-corrected chi connectivity index (χ0v) is 13.5. The predicted molar refractivity (Wildman–Crippen MR) is 90.4 cm³/mol. The molecule has 1 saturated carbocycles. The van der Waals surface area contributed by atoms with E-state index in [0.29, 0.717) is 23.2 Å². The van der Waals surface area contributed by atoms with Gasteiger partial charge < -0.3 is 10.4 Å². The smallest absolute Gasteiger partial charge is 0.358 e. The fraction of sp³-hybridized carbons (Fsp3) is 0.333. The van der Waals surface area contributed by atoms with Crippen LogP contribution in [-0.2, 0) is 4.79 Å². The van der Waals surface area contributed by atoms with Crippen molar-refractivity contribution in [2.75, 3.05) is 5.32 Å². The zero-order chi connectivity index (χ0) is 17.4. The van der Waals surface area contributed by atoms with Crippen molar-refractivity contribution in [3.63, 3.8) is 0 Å². The monoisotopic (exact) mass is 338 g/mol. The molecule has 25 heavy (non-hydrogen) atoms. The summed E-state index contributed by atoms with van der Waals surface area (Å²) in [5.74, 6) is -0.201. The highest BCUT2D eigenvalue weighted by atomic mass is 16.4. The molecule has 0 aliphatic heterocycles. The van der Waals surface area contributed by atoms with E-state index < -0.39 is 5.97 Å². The molecule has 2 aromatic rings. The van der Waals surface area contributed by atoms with Gasteiger partial charge in [-0.25, -0.2) is 9.48 Å². The zero-order valence-electron chi connectivity index (χ0n) is 13.5. The van der Waals surface area contributed by atoms with Crippen LogP contribution >= 0.6 is 0 Å². The van der Waals surface area contributed by atoms with Gasteiger partial charge in [0.15, 0.2) is 5.69 Å². The van der Waals surface area contributed by atoms with Crippen molar-refractivity contribution in [3.05, 3.63) is 48.3 Å². The van der Waals surface area contributed by atoms with Crippen LogP contribution in [0.25, 0.3) is 5.69 Å². The molecule has 0 saturated heterocycles. The number of aromatic carboxylic acids is 1. The van der Waals surface area contributed by atoms with Crippen molar-refractivity contribution in [2.24, 2.45) is 17.8 Å². The van der Waals surface area contributed by atoms with E-state index in [1.54, 1.807) is 18.2 Å². The Hall–Kier alpha value is -2.96. The highest BCUT2D eigenvalue weighted by Crippen LogP contribution is 2.40. The van der Waals surface area contributed by atoms with Crippen molar-refractivity contribution < 1.29 is 14.7 Å². The van der Waals surface area contributed by atoms with Gasteiger partial charge in [-0.15, -0.1) is 5.10 Å². The third-order valence-electron chi connectivity index (χ3n) is 5.00. The number of amides is 1. The lowest BCUT2D eigenvalue weighted by atomic mass is 9.69. The van der Waals surface area contributed by atoms with Crippen LogP contribution in [0.4, 0.5) is 5.69 Å². The van der Waals surface area contributed by atoms with E-state index in [2.05, 4.69) is 27.8 Å². The van der Waals surface area contributed by atoms with Crippen molar-refractivity contribution in [1.29, 1.82) is 0 Å². The number of hydrogen-bond acceptors (Lipinski definition) is 4. The van der Waals surface area contributed by atoms with E-state index in [1.807, 2.05) is 6.07 Å². The summed E-state index contributed by atoms with van der Waals surface area (Å²) in [7, 11) is 0. The molecule has 1 fully saturated rings. The number of benzene rings is 1. The van der Waals surface area contributed by atoms with E-state index in [-0.39, 0.29) is 17.5 Å². The van der Waals surface area contributed by atoms with Gasteiger partial charge in [-0.05, 0) is 49.3 Å². The van der Waals surface area contributed by atoms with Crippen LogP contribution in [0.5, 0.6) is 0 Å². The van der Waals surface area contributed by atoms with Crippen molar-refractivity contribution in [3.8, 4) is 5.69 Å². The minimum absolute atomic E-state index is 0.0254. The Kier molecular flexibility index (Phi) is 3.83. The number of aromatic nitrogens is 3. The van der Waals surface area contributed by atoms with Gasteiger partial charge in [0.1, 0.15) is 0 Å². The number of hydrogen-bond donors (Lipinski definition) is 2. The van der Waals surface area contributed by atoms with E-state index >= 15 is 0 Å². The Morgan fingerprint density at radius 2 is 2.12 bits per heavy atom. The number of rotatable bonds is 4. The summed E-state index contributed by atoms with van der Waals surface area (Å²) in [6, 6.07) is 7.14. The van der Waals surface area contributed by atoms with Crippen molar-refractivity contribution >= 4 is 17.6 Å². The van der Waals surface area contributed by atoms with Crippen LogP contribution in [0.15, 0.2) is 42.6 Å². The highest BCUT2D eigenvalue weighted by molar-refractivity contribution is 5.93. The maximum absolute atomic E-state index is 12.6. The van der Waals surface area contributed by atoms with Gasteiger partial charge in [0.2, 0.25) is 5.91 Å². The molecule has 0 radical (unpaired) electrons. The molecule has 7 heteroatoms. The number of nitrogens with zero attached hydrogens (tertiary/aromatic N) is 3. The van der Waals surface area contributed by atoms with Gasteiger partial charge in [-0.3, -0.25) is 4.79 Å². The van der Waals surface area contributed by atoms with E-state index in [1.165, 1.54) is 17.3 Å². The molecule has 1 aromatic carbocycles. The molecule has 1 amide bonds. The van der Waals surface area contributed by atoms with E-state index in [0.717, 1.165) is 12.8 Å². The summed E-state index contributed by atoms with van der Waals surface area (Å²) in [5, 5.41) is 19.3. The van der Waals surface area contributed by atoms with Gasteiger partial charge in [-0.2, -0.15) is 0 Å². The first kappa shape index (κ1) is 15.6. The van der Waals surface area contributed by atoms with Crippen LogP contribution in [0.3, 0.4) is 0 Å². The number of fused-ring (bicyclic) bond motifs is 2. The number of carbonyl (C=O) groups excluding carboxylic acids is 1. The molecule has 2 N–H and O–H groups in total. The summed E-state index contributed by atoms with van der Waals surface area (Å²) < 4.78 is 1.38. The lowest BCUT2D eigenvalue weighted by Crippen LogP contribution is -2.36. The third kappa shape index (κ3) is 3.05. The summed E-state index contributed by atoms with van der Waals surface area (Å²) in [4.78, 5) is 23.6. The van der Waals surface area contributed by atoms with Gasteiger partial charge in [0, 0.05) is 11.6 Å². The first-order valence-corrected chi connectivity index (χ1v) is 8.35. The largest absolute Gasteiger partial charge is 0.476 e. The van der Waals surface area contributed by atoms with E-state index in [4.69, 9.17) is 5.11 Å². The molecule has 3 aliphatic carbocycles. The molecule has 5 rings (SSSR count). The fourth-order valence-electron chi connectivity index (χ4n) is 3.68. The topological polar surface area (TPSA) is 97.1 Å². The number of carboxylic acid groups (broad SMARTS) is 1. The molecular weight excluding hydrogens is 320 g/mol. The van der Waals surface area contributed by atoms with Crippen LogP contribution in [0.2, 0.25) is 0 Å². The molecule has 128 valence electrons. The Labute approximate surface area is 144 Å². The lowest BCUT2D eigenvalue weighted by molar-refractivity contribution is -0.122. The van der Waals surface area contributed by atoms with Gasteiger partial charge in [0.25, 0.3) is 0 Å². The molecule has 0 spiro atoms. The summed E-state index contributed by atoms with van der Waals surface area (Å²) >= 11 is 0. The van der Waals surface area contributed by atoms with Crippen molar-refractivity contribution in [1.82, 2.24) is 15.0 Å². The minimum atomic E-state index is -1.13. The lowest BCUT2D eigenvalue weighted by Gasteiger charge is -2.37. The summed E-state index contributed by atoms with van der Waals surface area (Å²) in [5.41, 5.74) is 1.18. The van der Waals surface area contributed by atoms with Crippen LogP contribution < -0.4 is 5.32 Å². The first-order chi connectivity index (χ1) is 12.1. The van der Waals surface area contributed by atoms with Crippen molar-refractivity contribution in [2.45, 2.75) is 19.3 Å². The van der Waals surface area contributed by atoms with Gasteiger partial charge >= 0.3 is 5.97 Å². The van der Waals surface area contributed by atoms with Crippen LogP contribution in [-0.4, -0.2) is 32.0 Å². The second-order valence-corrected chi connectivity index (χ2v) is 6.62. The Balaban J connectivity index is 1.50. The first-order valence-electron chi connectivity index (χ1n) is 8.35. The molecule has 7 nitrogen and oxygen atoms in total. The molecule has 2 bridgehead atoms. The van der Waals surface area contributed by atoms with Gasteiger partial charge in [-0.1, -0.05) is 23.4 Å². The maximum atomic E-state index is 12.6. The maximum Gasteiger partial charge on any atom is 0.358 e. The second-order valence-electron chi connectivity index (χ2n) is 6.62. The van der Waals surface area contributed by atoms with Crippen LogP contribution in [0.1, 0.15) is 29.8 Å². The quantitative estimate of drug-likeness (QED) is 0.835. The van der Waals surface area contributed by atoms with Crippen LogP contribution in [0, 0.1) is 17.8 Å². The number of nitrogens with one attached hydrogen (secondary N) is 1. The third-order valence-corrected chi connectivity index (χ3v) is 5.00.